The number of hydrogen-bond donors (Lipinski definition) is 1. The molecule has 1 heterocycles. The standard InChI is InChI=1S/C14H8BrClN2O2/c15-8-5-6-11(16)10(7-8)14(19)17-13-9-3-1-2-4-12(9)20-18-13/h1-7H,(H,17,18,19). The van der Waals surface area contributed by atoms with Crippen molar-refractivity contribution in [3.05, 3.63) is 57.5 Å². The van der Waals surface area contributed by atoms with Crippen LogP contribution in [-0.4, -0.2) is 11.1 Å². The first-order valence-electron chi connectivity index (χ1n) is 5.76. The van der Waals surface area contributed by atoms with Crippen molar-refractivity contribution >= 4 is 50.2 Å². The van der Waals surface area contributed by atoms with E-state index in [1.165, 1.54) is 0 Å². The molecule has 0 aliphatic heterocycles. The van der Waals surface area contributed by atoms with Crippen LogP contribution in [0.4, 0.5) is 5.82 Å². The number of fused-ring (bicyclic) bond motifs is 1. The molecular formula is C14H8BrClN2O2. The predicted octanol–water partition coefficient (Wildman–Crippen LogP) is 4.50. The third-order valence-electron chi connectivity index (χ3n) is 2.78. The number of aromatic nitrogens is 1. The molecule has 20 heavy (non-hydrogen) atoms. The van der Waals surface area contributed by atoms with Crippen molar-refractivity contribution in [2.75, 3.05) is 5.32 Å². The first kappa shape index (κ1) is 13.1. The maximum absolute atomic E-state index is 12.2. The normalized spacial score (nSPS) is 10.7. The molecule has 1 N–H and O–H groups in total. The average molecular weight is 352 g/mol. The van der Waals surface area contributed by atoms with Gasteiger partial charge in [0.25, 0.3) is 5.91 Å². The Morgan fingerprint density at radius 3 is 2.90 bits per heavy atom. The molecule has 3 aromatic rings. The molecule has 0 unspecified atom stereocenters. The Hall–Kier alpha value is -1.85. The molecule has 100 valence electrons. The monoisotopic (exact) mass is 350 g/mol. The van der Waals surface area contributed by atoms with Gasteiger partial charge in [-0.15, -0.1) is 0 Å². The summed E-state index contributed by atoms with van der Waals surface area (Å²) in [5, 5.41) is 7.67. The fourth-order valence-electron chi connectivity index (χ4n) is 1.82. The molecule has 2 aromatic carbocycles. The van der Waals surface area contributed by atoms with E-state index in [1.54, 1.807) is 24.3 Å². The van der Waals surface area contributed by atoms with Crippen LogP contribution in [-0.2, 0) is 0 Å². The molecular weight excluding hydrogens is 344 g/mol. The number of carbonyl (C=O) groups is 1. The van der Waals surface area contributed by atoms with E-state index in [2.05, 4.69) is 26.4 Å². The summed E-state index contributed by atoms with van der Waals surface area (Å²) >= 11 is 9.33. The summed E-state index contributed by atoms with van der Waals surface area (Å²) in [6.07, 6.45) is 0. The van der Waals surface area contributed by atoms with Crippen molar-refractivity contribution in [3.63, 3.8) is 0 Å². The minimum atomic E-state index is -0.338. The Morgan fingerprint density at radius 1 is 1.25 bits per heavy atom. The van der Waals surface area contributed by atoms with Crippen LogP contribution >= 0.6 is 27.5 Å². The van der Waals surface area contributed by atoms with Crippen molar-refractivity contribution in [3.8, 4) is 0 Å². The van der Waals surface area contributed by atoms with E-state index in [4.69, 9.17) is 16.1 Å². The number of amides is 1. The van der Waals surface area contributed by atoms with Gasteiger partial charge in [0.1, 0.15) is 0 Å². The van der Waals surface area contributed by atoms with Gasteiger partial charge in [0.15, 0.2) is 11.4 Å². The zero-order chi connectivity index (χ0) is 14.1. The molecule has 6 heteroatoms. The molecule has 0 atom stereocenters. The topological polar surface area (TPSA) is 55.1 Å². The molecule has 0 radical (unpaired) electrons. The lowest BCUT2D eigenvalue weighted by molar-refractivity contribution is 0.102. The summed E-state index contributed by atoms with van der Waals surface area (Å²) in [7, 11) is 0. The van der Waals surface area contributed by atoms with Crippen LogP contribution in [0.3, 0.4) is 0 Å². The van der Waals surface area contributed by atoms with Crippen molar-refractivity contribution in [1.82, 2.24) is 5.16 Å². The first-order chi connectivity index (χ1) is 9.65. The zero-order valence-corrected chi connectivity index (χ0v) is 12.4. The zero-order valence-electron chi connectivity index (χ0n) is 10.1. The van der Waals surface area contributed by atoms with Gasteiger partial charge >= 0.3 is 0 Å². The molecule has 0 saturated heterocycles. The third kappa shape index (κ3) is 2.42. The lowest BCUT2D eigenvalue weighted by atomic mass is 10.2. The Balaban J connectivity index is 1.94. The van der Waals surface area contributed by atoms with Crippen molar-refractivity contribution in [2.45, 2.75) is 0 Å². The minimum absolute atomic E-state index is 0.338. The molecule has 0 fully saturated rings. The lowest BCUT2D eigenvalue weighted by Gasteiger charge is -2.04. The van der Waals surface area contributed by atoms with Gasteiger partial charge in [-0.2, -0.15) is 0 Å². The number of nitrogens with one attached hydrogen (secondary N) is 1. The van der Waals surface area contributed by atoms with E-state index >= 15 is 0 Å². The van der Waals surface area contributed by atoms with E-state index in [0.29, 0.717) is 22.0 Å². The van der Waals surface area contributed by atoms with Crippen LogP contribution in [0.15, 0.2) is 51.5 Å². The number of rotatable bonds is 2. The van der Waals surface area contributed by atoms with E-state index in [-0.39, 0.29) is 5.91 Å². The number of halogens is 2. The average Bonchev–Trinajstić information content (AvgIpc) is 2.85. The van der Waals surface area contributed by atoms with Gasteiger partial charge in [-0.05, 0) is 30.3 Å². The summed E-state index contributed by atoms with van der Waals surface area (Å²) in [5.41, 5.74) is 0.983. The van der Waals surface area contributed by atoms with Crippen molar-refractivity contribution in [2.24, 2.45) is 0 Å². The van der Waals surface area contributed by atoms with Gasteiger partial charge in [0.2, 0.25) is 0 Å². The van der Waals surface area contributed by atoms with Gasteiger partial charge in [0.05, 0.1) is 16.0 Å². The van der Waals surface area contributed by atoms with Crippen LogP contribution in [0.1, 0.15) is 10.4 Å². The molecule has 3 rings (SSSR count). The molecule has 0 spiro atoms. The highest BCUT2D eigenvalue weighted by atomic mass is 79.9. The maximum atomic E-state index is 12.2. The molecule has 0 aliphatic rings. The third-order valence-corrected chi connectivity index (χ3v) is 3.61. The number of nitrogens with zero attached hydrogens (tertiary/aromatic N) is 1. The van der Waals surface area contributed by atoms with E-state index < -0.39 is 0 Å². The first-order valence-corrected chi connectivity index (χ1v) is 6.93. The molecule has 0 bridgehead atoms. The fraction of sp³-hybridized carbons (Fsp3) is 0. The molecule has 4 nitrogen and oxygen atoms in total. The summed E-state index contributed by atoms with van der Waals surface area (Å²) in [4.78, 5) is 12.2. The number of hydrogen-bond acceptors (Lipinski definition) is 3. The predicted molar refractivity (Wildman–Crippen MR) is 81.1 cm³/mol. The van der Waals surface area contributed by atoms with Gasteiger partial charge in [-0.3, -0.25) is 4.79 Å². The van der Waals surface area contributed by atoms with Gasteiger partial charge < -0.3 is 9.84 Å². The Morgan fingerprint density at radius 2 is 2.05 bits per heavy atom. The largest absolute Gasteiger partial charge is 0.354 e. The smallest absolute Gasteiger partial charge is 0.258 e. The van der Waals surface area contributed by atoms with Gasteiger partial charge in [0, 0.05) is 4.47 Å². The highest BCUT2D eigenvalue weighted by Gasteiger charge is 2.15. The quantitative estimate of drug-likeness (QED) is 0.740. The lowest BCUT2D eigenvalue weighted by Crippen LogP contribution is -2.12. The maximum Gasteiger partial charge on any atom is 0.258 e. The van der Waals surface area contributed by atoms with Crippen molar-refractivity contribution < 1.29 is 9.32 Å². The summed E-state index contributed by atoms with van der Waals surface area (Å²) in [6.45, 7) is 0. The van der Waals surface area contributed by atoms with Gasteiger partial charge in [-0.1, -0.05) is 44.8 Å². The Kier molecular flexibility index (Phi) is 3.46. The second kappa shape index (κ2) is 5.26. The molecule has 1 amide bonds. The summed E-state index contributed by atoms with van der Waals surface area (Å²) < 4.78 is 5.91. The van der Waals surface area contributed by atoms with E-state index in [9.17, 15) is 4.79 Å². The Bertz CT molecular complexity index is 801. The van der Waals surface area contributed by atoms with Crippen molar-refractivity contribution in [1.29, 1.82) is 0 Å². The SMILES string of the molecule is O=C(Nc1noc2ccccc12)c1cc(Br)ccc1Cl. The summed E-state index contributed by atoms with van der Waals surface area (Å²) in [5.74, 6) is 0.0389. The number of carbonyl (C=O) groups excluding carboxylic acids is 1. The summed E-state index contributed by atoms with van der Waals surface area (Å²) in [6, 6.07) is 12.4. The number of benzene rings is 2. The number of anilines is 1. The van der Waals surface area contributed by atoms with Crippen LogP contribution in [0.25, 0.3) is 11.0 Å². The number of para-hydroxylation sites is 1. The van der Waals surface area contributed by atoms with Gasteiger partial charge in [-0.25, -0.2) is 0 Å². The fourth-order valence-corrected chi connectivity index (χ4v) is 2.39. The van der Waals surface area contributed by atoms with E-state index in [0.717, 1.165) is 9.86 Å². The molecule has 0 aliphatic carbocycles. The molecule has 0 saturated carbocycles. The second-order valence-electron chi connectivity index (χ2n) is 4.11. The van der Waals surface area contributed by atoms with Crippen LogP contribution < -0.4 is 5.32 Å². The van der Waals surface area contributed by atoms with Crippen LogP contribution in [0.5, 0.6) is 0 Å². The minimum Gasteiger partial charge on any atom is -0.354 e. The van der Waals surface area contributed by atoms with Crippen LogP contribution in [0, 0.1) is 0 Å². The molecule has 1 aromatic heterocycles. The highest BCUT2D eigenvalue weighted by molar-refractivity contribution is 9.10. The second-order valence-corrected chi connectivity index (χ2v) is 5.43. The van der Waals surface area contributed by atoms with Crippen LogP contribution in [0.2, 0.25) is 5.02 Å². The Labute approximate surface area is 127 Å². The van der Waals surface area contributed by atoms with E-state index in [1.807, 2.05) is 18.2 Å². The highest BCUT2D eigenvalue weighted by Crippen LogP contribution is 2.25.